The highest BCUT2D eigenvalue weighted by molar-refractivity contribution is 5.90. The number of rotatable bonds is 5. The number of anilines is 1. The number of hydrogen-bond acceptors (Lipinski definition) is 1. The summed E-state index contributed by atoms with van der Waals surface area (Å²) in [7, 11) is 0. The van der Waals surface area contributed by atoms with E-state index in [4.69, 9.17) is 0 Å². The van der Waals surface area contributed by atoms with Gasteiger partial charge in [-0.3, -0.25) is 0 Å². The summed E-state index contributed by atoms with van der Waals surface area (Å²) in [6.07, 6.45) is 1.97. The molecule has 18 heavy (non-hydrogen) atoms. The first-order chi connectivity index (χ1) is 8.60. The fourth-order valence-corrected chi connectivity index (χ4v) is 1.94. The van der Waals surface area contributed by atoms with E-state index in [1.165, 1.54) is 5.56 Å². The van der Waals surface area contributed by atoms with E-state index < -0.39 is 0 Å². The van der Waals surface area contributed by atoms with Gasteiger partial charge < -0.3 is 10.2 Å². The number of aryl methyl sites for hydroxylation is 1. The predicted octanol–water partition coefficient (Wildman–Crippen LogP) is 3.96. The van der Waals surface area contributed by atoms with Gasteiger partial charge >= 0.3 is 6.03 Å². The van der Waals surface area contributed by atoms with E-state index in [1.54, 1.807) is 0 Å². The van der Waals surface area contributed by atoms with E-state index in [0.717, 1.165) is 37.2 Å². The lowest BCUT2D eigenvalue weighted by Crippen LogP contribution is -2.36. The lowest BCUT2D eigenvalue weighted by Gasteiger charge is -2.22. The minimum absolute atomic E-state index is 0.00685. The summed E-state index contributed by atoms with van der Waals surface area (Å²) in [6, 6.07) is 5.99. The number of urea groups is 1. The molecule has 3 heteroatoms. The van der Waals surface area contributed by atoms with Crippen LogP contribution in [0.4, 0.5) is 10.5 Å². The van der Waals surface area contributed by atoms with Crippen LogP contribution in [0.2, 0.25) is 0 Å². The molecule has 0 bridgehead atoms. The monoisotopic (exact) mass is 248 g/mol. The van der Waals surface area contributed by atoms with Crippen molar-refractivity contribution in [3.05, 3.63) is 29.3 Å². The van der Waals surface area contributed by atoms with Crippen molar-refractivity contribution in [1.82, 2.24) is 4.90 Å². The van der Waals surface area contributed by atoms with Gasteiger partial charge in [0, 0.05) is 18.8 Å². The molecular formula is C15H24N2O. The zero-order valence-electron chi connectivity index (χ0n) is 11.9. The van der Waals surface area contributed by atoms with Gasteiger partial charge in [0.05, 0.1) is 0 Å². The van der Waals surface area contributed by atoms with Crippen LogP contribution >= 0.6 is 0 Å². The molecule has 0 aromatic heterocycles. The van der Waals surface area contributed by atoms with Crippen molar-refractivity contribution in [3.8, 4) is 0 Å². The third-order valence-corrected chi connectivity index (χ3v) is 3.12. The Hall–Kier alpha value is -1.51. The number of carbonyl (C=O) groups is 1. The molecule has 2 amide bonds. The van der Waals surface area contributed by atoms with E-state index in [0.29, 0.717) is 0 Å². The van der Waals surface area contributed by atoms with Crippen LogP contribution < -0.4 is 5.32 Å². The summed E-state index contributed by atoms with van der Waals surface area (Å²) >= 11 is 0. The van der Waals surface area contributed by atoms with Crippen molar-refractivity contribution in [2.45, 2.75) is 40.5 Å². The zero-order chi connectivity index (χ0) is 13.5. The molecule has 100 valence electrons. The van der Waals surface area contributed by atoms with Gasteiger partial charge in [-0.1, -0.05) is 26.0 Å². The summed E-state index contributed by atoms with van der Waals surface area (Å²) in [5, 5.41) is 3.01. The fourth-order valence-electron chi connectivity index (χ4n) is 1.94. The molecular weight excluding hydrogens is 224 g/mol. The Morgan fingerprint density at radius 2 is 1.78 bits per heavy atom. The van der Waals surface area contributed by atoms with E-state index in [-0.39, 0.29) is 6.03 Å². The van der Waals surface area contributed by atoms with Crippen LogP contribution in [0.5, 0.6) is 0 Å². The smallest absolute Gasteiger partial charge is 0.321 e. The molecule has 1 rings (SSSR count). The molecule has 0 aliphatic carbocycles. The van der Waals surface area contributed by atoms with Gasteiger partial charge in [-0.15, -0.1) is 0 Å². The third kappa shape index (κ3) is 3.76. The number of nitrogens with zero attached hydrogens (tertiary/aromatic N) is 1. The van der Waals surface area contributed by atoms with Crippen molar-refractivity contribution in [2.75, 3.05) is 18.4 Å². The van der Waals surface area contributed by atoms with E-state index in [1.807, 2.05) is 24.0 Å². The van der Waals surface area contributed by atoms with E-state index in [2.05, 4.69) is 32.2 Å². The van der Waals surface area contributed by atoms with Gasteiger partial charge in [-0.05, 0) is 43.9 Å². The second-order valence-corrected chi connectivity index (χ2v) is 4.66. The molecule has 1 N–H and O–H groups in total. The van der Waals surface area contributed by atoms with Crippen molar-refractivity contribution in [1.29, 1.82) is 0 Å². The molecule has 0 unspecified atom stereocenters. The van der Waals surface area contributed by atoms with Crippen molar-refractivity contribution < 1.29 is 4.79 Å². The Bertz CT molecular complexity index is 395. The average Bonchev–Trinajstić information content (AvgIpc) is 2.34. The van der Waals surface area contributed by atoms with E-state index >= 15 is 0 Å². The second-order valence-electron chi connectivity index (χ2n) is 4.66. The molecule has 0 saturated carbocycles. The van der Waals surface area contributed by atoms with Gasteiger partial charge in [0.1, 0.15) is 0 Å². The van der Waals surface area contributed by atoms with Crippen LogP contribution in [0.15, 0.2) is 18.2 Å². The van der Waals surface area contributed by atoms with Gasteiger partial charge in [0.25, 0.3) is 0 Å². The SMILES string of the molecule is CCCN(CCC)C(=O)Nc1cccc(C)c1C. The number of benzene rings is 1. The Kier molecular flexibility index (Phi) is 5.69. The lowest BCUT2D eigenvalue weighted by molar-refractivity contribution is 0.211. The minimum atomic E-state index is 0.00685. The molecule has 1 aromatic rings. The van der Waals surface area contributed by atoms with Crippen LogP contribution in [0.3, 0.4) is 0 Å². The maximum absolute atomic E-state index is 12.2. The Morgan fingerprint density at radius 3 is 2.33 bits per heavy atom. The minimum Gasteiger partial charge on any atom is -0.325 e. The first-order valence-electron chi connectivity index (χ1n) is 6.72. The summed E-state index contributed by atoms with van der Waals surface area (Å²) in [6.45, 7) is 9.90. The number of amides is 2. The van der Waals surface area contributed by atoms with Gasteiger partial charge in [-0.2, -0.15) is 0 Å². The largest absolute Gasteiger partial charge is 0.325 e. The highest BCUT2D eigenvalue weighted by Gasteiger charge is 2.12. The Morgan fingerprint density at radius 1 is 1.17 bits per heavy atom. The number of nitrogens with one attached hydrogen (secondary N) is 1. The summed E-state index contributed by atoms with van der Waals surface area (Å²) < 4.78 is 0. The normalized spacial score (nSPS) is 10.2. The summed E-state index contributed by atoms with van der Waals surface area (Å²) in [4.78, 5) is 14.0. The second kappa shape index (κ2) is 7.04. The van der Waals surface area contributed by atoms with Crippen LogP contribution in [0.1, 0.15) is 37.8 Å². The lowest BCUT2D eigenvalue weighted by atomic mass is 10.1. The molecule has 1 aromatic carbocycles. The van der Waals surface area contributed by atoms with Gasteiger partial charge in [-0.25, -0.2) is 4.79 Å². The number of carbonyl (C=O) groups excluding carboxylic acids is 1. The fraction of sp³-hybridized carbons (Fsp3) is 0.533. The van der Waals surface area contributed by atoms with Gasteiger partial charge in [0.15, 0.2) is 0 Å². The van der Waals surface area contributed by atoms with Crippen molar-refractivity contribution in [2.24, 2.45) is 0 Å². The average molecular weight is 248 g/mol. The quantitative estimate of drug-likeness (QED) is 0.840. The maximum Gasteiger partial charge on any atom is 0.321 e. The van der Waals surface area contributed by atoms with Crippen LogP contribution in [0, 0.1) is 13.8 Å². The maximum atomic E-state index is 12.2. The molecule has 0 radical (unpaired) electrons. The zero-order valence-corrected chi connectivity index (χ0v) is 11.9. The molecule has 0 fully saturated rings. The molecule has 0 atom stereocenters. The summed E-state index contributed by atoms with van der Waals surface area (Å²) in [5.41, 5.74) is 3.25. The first kappa shape index (κ1) is 14.6. The van der Waals surface area contributed by atoms with E-state index in [9.17, 15) is 4.79 Å². The third-order valence-electron chi connectivity index (χ3n) is 3.12. The predicted molar refractivity (Wildman–Crippen MR) is 77.1 cm³/mol. The summed E-state index contributed by atoms with van der Waals surface area (Å²) in [5.74, 6) is 0. The van der Waals surface area contributed by atoms with Crippen LogP contribution in [-0.2, 0) is 0 Å². The Labute approximate surface area is 110 Å². The van der Waals surface area contributed by atoms with Crippen LogP contribution in [-0.4, -0.2) is 24.0 Å². The van der Waals surface area contributed by atoms with Gasteiger partial charge in [0.2, 0.25) is 0 Å². The topological polar surface area (TPSA) is 32.3 Å². The highest BCUT2D eigenvalue weighted by Crippen LogP contribution is 2.18. The Balaban J connectivity index is 2.75. The number of hydrogen-bond donors (Lipinski definition) is 1. The molecule has 3 nitrogen and oxygen atoms in total. The molecule has 0 heterocycles. The van der Waals surface area contributed by atoms with Crippen molar-refractivity contribution >= 4 is 11.7 Å². The standard InChI is InChI=1S/C15H24N2O/c1-5-10-17(11-6-2)15(18)16-14-9-7-8-12(3)13(14)4/h7-9H,5-6,10-11H2,1-4H3,(H,16,18). The molecule has 0 aliphatic rings. The van der Waals surface area contributed by atoms with Crippen LogP contribution in [0.25, 0.3) is 0 Å². The highest BCUT2D eigenvalue weighted by atomic mass is 16.2. The molecule has 0 saturated heterocycles. The first-order valence-corrected chi connectivity index (χ1v) is 6.72. The molecule has 0 spiro atoms. The van der Waals surface area contributed by atoms with Crippen molar-refractivity contribution in [3.63, 3.8) is 0 Å². The molecule has 0 aliphatic heterocycles.